The number of likely N-dealkylation sites (N-methyl/N-ethyl adjacent to an activating group) is 1. The molecule has 0 unspecified atom stereocenters. The summed E-state index contributed by atoms with van der Waals surface area (Å²) in [5.74, 6) is 0.341. The highest BCUT2D eigenvalue weighted by molar-refractivity contribution is 7.89. The van der Waals surface area contributed by atoms with E-state index < -0.39 is 10.0 Å². The summed E-state index contributed by atoms with van der Waals surface area (Å²) in [6, 6.07) is 14.2. The fraction of sp³-hybridized carbons (Fsp3) is 0.273. The van der Waals surface area contributed by atoms with Gasteiger partial charge in [-0.15, -0.1) is 0 Å². The zero-order valence-corrected chi connectivity index (χ0v) is 18.6. The molecule has 31 heavy (non-hydrogen) atoms. The number of primary sulfonamides is 1. The molecule has 0 fully saturated rings. The lowest BCUT2D eigenvalue weighted by Gasteiger charge is -2.14. The van der Waals surface area contributed by atoms with Crippen LogP contribution < -0.4 is 5.14 Å². The number of amides is 1. The number of aryl methyl sites for hydroxylation is 1. The van der Waals surface area contributed by atoms with Crippen LogP contribution in [0.25, 0.3) is 11.4 Å². The van der Waals surface area contributed by atoms with Crippen LogP contribution in [-0.2, 0) is 21.3 Å². The number of imidazole rings is 1. The average Bonchev–Trinajstić information content (AvgIpc) is 3.14. The molecule has 0 aliphatic rings. The van der Waals surface area contributed by atoms with Crippen molar-refractivity contribution in [1.29, 1.82) is 0 Å². The second-order valence-electron chi connectivity index (χ2n) is 7.36. The van der Waals surface area contributed by atoms with Gasteiger partial charge in [0.25, 0.3) is 5.91 Å². The van der Waals surface area contributed by atoms with E-state index >= 15 is 0 Å². The number of carbonyl (C=O) groups is 1. The van der Waals surface area contributed by atoms with E-state index in [1.165, 1.54) is 12.1 Å². The minimum atomic E-state index is -3.79. The first kappa shape index (κ1) is 22.7. The molecule has 0 bridgehead atoms. The first-order valence-electron chi connectivity index (χ1n) is 9.69. The van der Waals surface area contributed by atoms with Crippen molar-refractivity contribution in [2.24, 2.45) is 5.14 Å². The number of hydrogen-bond acceptors (Lipinski definition) is 5. The second-order valence-corrected chi connectivity index (χ2v) is 8.92. The second kappa shape index (κ2) is 9.42. The molecule has 0 saturated carbocycles. The quantitative estimate of drug-likeness (QED) is 0.576. The zero-order chi connectivity index (χ0) is 22.6. The number of rotatable bonds is 8. The lowest BCUT2D eigenvalue weighted by Crippen LogP contribution is -2.30. The fourth-order valence-electron chi connectivity index (χ4n) is 3.20. The Hall–Kier alpha value is -3.01. The van der Waals surface area contributed by atoms with Crippen LogP contribution in [0.5, 0.6) is 0 Å². The lowest BCUT2D eigenvalue weighted by atomic mass is 10.1. The largest absolute Gasteiger partial charge is 0.383 e. The Morgan fingerprint density at radius 2 is 1.90 bits per heavy atom. The van der Waals surface area contributed by atoms with Gasteiger partial charge in [0, 0.05) is 39.0 Å². The van der Waals surface area contributed by atoms with Gasteiger partial charge in [0.2, 0.25) is 10.0 Å². The Balaban J connectivity index is 2.01. The fourth-order valence-corrected chi connectivity index (χ4v) is 3.71. The lowest BCUT2D eigenvalue weighted by molar-refractivity contribution is 0.0739. The van der Waals surface area contributed by atoms with Crippen molar-refractivity contribution in [3.8, 4) is 11.4 Å². The molecule has 164 valence electrons. The predicted molar refractivity (Wildman–Crippen MR) is 118 cm³/mol. The van der Waals surface area contributed by atoms with Crippen LogP contribution in [0.4, 0.5) is 0 Å². The number of methoxy groups -OCH3 is 1. The van der Waals surface area contributed by atoms with Crippen LogP contribution in [-0.4, -0.2) is 56.1 Å². The van der Waals surface area contributed by atoms with Gasteiger partial charge in [-0.1, -0.05) is 29.8 Å². The van der Waals surface area contributed by atoms with E-state index in [1.54, 1.807) is 37.4 Å². The summed E-state index contributed by atoms with van der Waals surface area (Å²) in [7, 11) is -0.516. The molecule has 1 heterocycles. The van der Waals surface area contributed by atoms with E-state index in [-0.39, 0.29) is 10.8 Å². The topological polar surface area (TPSA) is 108 Å². The van der Waals surface area contributed by atoms with Gasteiger partial charge in [-0.2, -0.15) is 0 Å². The van der Waals surface area contributed by atoms with Crippen LogP contribution in [0, 0.1) is 6.92 Å². The number of nitrogens with zero attached hydrogens (tertiary/aromatic N) is 3. The number of sulfonamides is 1. The SMILES string of the molecule is COCCN(C)C(=O)c1cn(Cc2cccc(C)c2)c(-c2ccc(S(N)(=O)=O)cc2)n1. The highest BCUT2D eigenvalue weighted by atomic mass is 32.2. The zero-order valence-electron chi connectivity index (χ0n) is 17.8. The Morgan fingerprint density at radius 1 is 1.19 bits per heavy atom. The van der Waals surface area contributed by atoms with E-state index in [2.05, 4.69) is 11.1 Å². The summed E-state index contributed by atoms with van der Waals surface area (Å²) in [5, 5.41) is 5.20. The Kier molecular flexibility index (Phi) is 6.89. The van der Waals surface area contributed by atoms with E-state index in [0.717, 1.165) is 11.1 Å². The normalized spacial score (nSPS) is 11.5. The van der Waals surface area contributed by atoms with Crippen molar-refractivity contribution < 1.29 is 17.9 Å². The van der Waals surface area contributed by atoms with Gasteiger partial charge in [0.1, 0.15) is 11.5 Å². The highest BCUT2D eigenvalue weighted by Crippen LogP contribution is 2.23. The minimum Gasteiger partial charge on any atom is -0.383 e. The van der Waals surface area contributed by atoms with Gasteiger partial charge in [-0.25, -0.2) is 18.5 Å². The number of nitrogens with two attached hydrogens (primary N) is 1. The molecule has 3 aromatic rings. The van der Waals surface area contributed by atoms with Crippen molar-refractivity contribution in [3.05, 3.63) is 71.5 Å². The third-order valence-corrected chi connectivity index (χ3v) is 5.78. The van der Waals surface area contributed by atoms with Crippen LogP contribution >= 0.6 is 0 Å². The Labute approximate surface area is 182 Å². The van der Waals surface area contributed by atoms with Crippen molar-refractivity contribution in [1.82, 2.24) is 14.5 Å². The summed E-state index contributed by atoms with van der Waals surface area (Å²) in [5.41, 5.74) is 3.18. The van der Waals surface area contributed by atoms with Gasteiger partial charge in [0.15, 0.2) is 0 Å². The summed E-state index contributed by atoms with van der Waals surface area (Å²) in [6.07, 6.45) is 1.72. The number of hydrogen-bond donors (Lipinski definition) is 1. The van der Waals surface area contributed by atoms with Crippen molar-refractivity contribution in [2.45, 2.75) is 18.4 Å². The van der Waals surface area contributed by atoms with Gasteiger partial charge in [-0.05, 0) is 36.8 Å². The van der Waals surface area contributed by atoms with Crippen LogP contribution in [0.3, 0.4) is 0 Å². The molecule has 0 atom stereocenters. The molecular formula is C22H26N4O4S. The molecule has 0 radical (unpaired) electrons. The number of benzene rings is 2. The number of ether oxygens (including phenoxy) is 1. The third-order valence-electron chi connectivity index (χ3n) is 4.85. The third kappa shape index (κ3) is 5.57. The van der Waals surface area contributed by atoms with Crippen LogP contribution in [0.1, 0.15) is 21.6 Å². The summed E-state index contributed by atoms with van der Waals surface area (Å²) in [6.45, 7) is 3.40. The van der Waals surface area contributed by atoms with E-state index in [4.69, 9.17) is 9.88 Å². The molecule has 8 nitrogen and oxygen atoms in total. The smallest absolute Gasteiger partial charge is 0.273 e. The molecule has 2 aromatic carbocycles. The predicted octanol–water partition coefficient (Wildman–Crippen LogP) is 2.27. The molecule has 0 aliphatic carbocycles. The van der Waals surface area contributed by atoms with Crippen molar-refractivity contribution >= 4 is 15.9 Å². The van der Waals surface area contributed by atoms with E-state index in [0.29, 0.717) is 36.8 Å². The summed E-state index contributed by atoms with van der Waals surface area (Å²) >= 11 is 0. The summed E-state index contributed by atoms with van der Waals surface area (Å²) < 4.78 is 30.1. The molecule has 1 aromatic heterocycles. The minimum absolute atomic E-state index is 0.0173. The summed E-state index contributed by atoms with van der Waals surface area (Å²) in [4.78, 5) is 19.0. The maximum Gasteiger partial charge on any atom is 0.273 e. The maximum absolute atomic E-state index is 12.8. The number of aromatic nitrogens is 2. The van der Waals surface area contributed by atoms with Gasteiger partial charge < -0.3 is 14.2 Å². The van der Waals surface area contributed by atoms with E-state index in [1.807, 2.05) is 29.7 Å². The molecule has 0 aliphatic heterocycles. The van der Waals surface area contributed by atoms with E-state index in [9.17, 15) is 13.2 Å². The molecule has 0 spiro atoms. The Bertz CT molecular complexity index is 1170. The molecule has 2 N–H and O–H groups in total. The van der Waals surface area contributed by atoms with Crippen molar-refractivity contribution in [3.63, 3.8) is 0 Å². The first-order chi connectivity index (χ1) is 14.7. The molecule has 9 heteroatoms. The van der Waals surface area contributed by atoms with Gasteiger partial charge in [-0.3, -0.25) is 4.79 Å². The highest BCUT2D eigenvalue weighted by Gasteiger charge is 2.19. The molecule has 0 saturated heterocycles. The monoisotopic (exact) mass is 442 g/mol. The standard InChI is InChI=1S/C22H26N4O4S/c1-16-5-4-6-17(13-16)14-26-15-20(22(27)25(2)11-12-30-3)24-21(26)18-7-9-19(10-8-18)31(23,28)29/h4-10,13,15H,11-12,14H2,1-3H3,(H2,23,28,29). The van der Waals surface area contributed by atoms with Crippen molar-refractivity contribution in [2.75, 3.05) is 27.3 Å². The first-order valence-corrected chi connectivity index (χ1v) is 11.2. The average molecular weight is 443 g/mol. The van der Waals surface area contributed by atoms with Crippen LogP contribution in [0.2, 0.25) is 0 Å². The van der Waals surface area contributed by atoms with Crippen LogP contribution in [0.15, 0.2) is 59.6 Å². The number of carbonyl (C=O) groups excluding carboxylic acids is 1. The Morgan fingerprint density at radius 3 is 2.52 bits per heavy atom. The molecule has 3 rings (SSSR count). The van der Waals surface area contributed by atoms with Gasteiger partial charge in [0.05, 0.1) is 11.5 Å². The maximum atomic E-state index is 12.8. The molecule has 1 amide bonds. The molecular weight excluding hydrogens is 416 g/mol. The van der Waals surface area contributed by atoms with Gasteiger partial charge >= 0.3 is 0 Å².